The summed E-state index contributed by atoms with van der Waals surface area (Å²) in [7, 11) is -4.01. The van der Waals surface area contributed by atoms with Crippen molar-refractivity contribution in [3.05, 3.63) is 58.9 Å². The number of nitrogens with two attached hydrogens (primary N) is 1. The first-order valence-corrected chi connectivity index (χ1v) is 15.2. The summed E-state index contributed by atoms with van der Waals surface area (Å²) in [6.07, 6.45) is 1.22. The van der Waals surface area contributed by atoms with Crippen LogP contribution in [0.25, 0.3) is 0 Å². The fourth-order valence-electron chi connectivity index (χ4n) is 3.67. The number of methoxy groups -OCH3 is 1. The van der Waals surface area contributed by atoms with Crippen molar-refractivity contribution in [2.24, 2.45) is 5.14 Å². The summed E-state index contributed by atoms with van der Waals surface area (Å²) in [4.78, 5) is 17.2. The lowest BCUT2D eigenvalue weighted by molar-refractivity contribution is 0.0720. The van der Waals surface area contributed by atoms with Gasteiger partial charge in [0, 0.05) is 11.1 Å². The van der Waals surface area contributed by atoms with Gasteiger partial charge < -0.3 is 24.6 Å². The van der Waals surface area contributed by atoms with Gasteiger partial charge in [-0.2, -0.15) is 0 Å². The zero-order valence-electron chi connectivity index (χ0n) is 22.7. The molecule has 1 aliphatic heterocycles. The minimum Gasteiger partial charge on any atom is -0.493 e. The normalized spacial score (nSPS) is 19.1. The lowest BCUT2D eigenvalue weighted by Crippen LogP contribution is -2.47. The Morgan fingerprint density at radius 3 is 2.60 bits per heavy atom. The van der Waals surface area contributed by atoms with Crippen LogP contribution in [0.3, 0.4) is 0 Å². The van der Waals surface area contributed by atoms with E-state index in [1.165, 1.54) is 31.4 Å². The number of nitrogens with one attached hydrogen (secondary N) is 2. The van der Waals surface area contributed by atoms with Gasteiger partial charge in [-0.15, -0.1) is 0 Å². The van der Waals surface area contributed by atoms with Crippen molar-refractivity contribution in [2.45, 2.75) is 43.6 Å². The predicted molar refractivity (Wildman–Crippen MR) is 151 cm³/mol. The maximum Gasteiger partial charge on any atom is 0.251 e. The third-order valence-corrected chi connectivity index (χ3v) is 8.46. The number of sulfonamides is 1. The number of primary sulfonamides is 1. The summed E-state index contributed by atoms with van der Waals surface area (Å²) < 4.78 is 53.9. The minimum atomic E-state index is -3.89. The largest absolute Gasteiger partial charge is 0.493 e. The van der Waals surface area contributed by atoms with Gasteiger partial charge in [0.1, 0.15) is 12.2 Å². The Kier molecular flexibility index (Phi) is 9.23. The van der Waals surface area contributed by atoms with Gasteiger partial charge in [-0.25, -0.2) is 27.5 Å². The highest BCUT2D eigenvalue weighted by Gasteiger charge is 2.43. The van der Waals surface area contributed by atoms with Gasteiger partial charge in [-0.3, -0.25) is 4.79 Å². The van der Waals surface area contributed by atoms with Crippen molar-refractivity contribution in [1.29, 1.82) is 0 Å². The number of hydrogen-bond donors (Lipinski definition) is 4. The van der Waals surface area contributed by atoms with Gasteiger partial charge in [-0.05, 0) is 52.0 Å². The summed E-state index contributed by atoms with van der Waals surface area (Å²) in [5.74, 6) is -0.887. The second kappa shape index (κ2) is 11.6. The number of aromatic nitrogens is 1. The summed E-state index contributed by atoms with van der Waals surface area (Å²) in [5.41, 5.74) is -1.96. The number of hydrogen-bond acceptors (Lipinski definition) is 9. The van der Waals surface area contributed by atoms with Crippen molar-refractivity contribution in [1.82, 2.24) is 15.0 Å². The number of amides is 1. The Morgan fingerprint density at radius 1 is 1.35 bits per heavy atom. The molecule has 0 spiro atoms. The van der Waals surface area contributed by atoms with Crippen LogP contribution in [-0.2, 0) is 32.1 Å². The molecule has 3 atom stereocenters. The minimum absolute atomic E-state index is 0.00835. The van der Waals surface area contributed by atoms with Gasteiger partial charge >= 0.3 is 0 Å². The van der Waals surface area contributed by atoms with Crippen LogP contribution in [-0.4, -0.2) is 59.6 Å². The summed E-state index contributed by atoms with van der Waals surface area (Å²) in [6, 6.07) is 5.66. The number of rotatable bonds is 11. The number of fused-ring (bicyclic) bond motifs is 1. The standard InChI is InChI=1S/C25H33ClN4O8S2/c1-7-25(32,12-28-22(31)15-8-9-17(18(10-15)36-6)38-14-40(27,34)35)19-11-16-20(21(26)29-19)37-13-24(16,5)30-39(33)23(2,3)4/h7-11,30,32H,1,12-14H2,2-6H3,(H,28,31)(H2,27,34,35). The van der Waals surface area contributed by atoms with E-state index in [2.05, 4.69) is 21.6 Å². The van der Waals surface area contributed by atoms with E-state index in [1.54, 1.807) is 13.0 Å². The van der Waals surface area contributed by atoms with Gasteiger partial charge in [0.25, 0.3) is 5.91 Å². The molecule has 3 rings (SSSR count). The molecule has 1 aromatic heterocycles. The van der Waals surface area contributed by atoms with Crippen LogP contribution in [0, 0.1) is 0 Å². The first-order chi connectivity index (χ1) is 18.4. The van der Waals surface area contributed by atoms with Crippen LogP contribution in [0.5, 0.6) is 17.2 Å². The molecule has 0 saturated heterocycles. The number of halogens is 1. The van der Waals surface area contributed by atoms with E-state index in [1.807, 2.05) is 20.8 Å². The summed E-state index contributed by atoms with van der Waals surface area (Å²) in [6.45, 7) is 10.8. The molecular formula is C25H33ClN4O8S2. The highest BCUT2D eigenvalue weighted by molar-refractivity contribution is 7.89. The number of benzene rings is 1. The van der Waals surface area contributed by atoms with E-state index >= 15 is 0 Å². The molecule has 12 nitrogen and oxygen atoms in total. The molecule has 220 valence electrons. The van der Waals surface area contributed by atoms with Crippen molar-refractivity contribution >= 4 is 38.5 Å². The van der Waals surface area contributed by atoms with Crippen molar-refractivity contribution in [3.63, 3.8) is 0 Å². The highest BCUT2D eigenvalue weighted by atomic mass is 35.5. The predicted octanol–water partition coefficient (Wildman–Crippen LogP) is 1.83. The number of aliphatic hydroxyl groups is 1. The van der Waals surface area contributed by atoms with Crippen molar-refractivity contribution < 1.29 is 36.7 Å². The van der Waals surface area contributed by atoms with Crippen LogP contribution in [0.1, 0.15) is 49.3 Å². The molecule has 0 fully saturated rings. The molecule has 0 bridgehead atoms. The van der Waals surface area contributed by atoms with E-state index in [0.717, 1.165) is 0 Å². The molecule has 2 heterocycles. The van der Waals surface area contributed by atoms with Crippen LogP contribution in [0.2, 0.25) is 5.15 Å². The summed E-state index contributed by atoms with van der Waals surface area (Å²) in [5, 5.41) is 19.0. The van der Waals surface area contributed by atoms with E-state index in [9.17, 15) is 22.5 Å². The molecule has 1 aliphatic rings. The lowest BCUT2D eigenvalue weighted by atomic mass is 9.91. The number of carbonyl (C=O) groups excluding carboxylic acids is 1. The fourth-order valence-corrected chi connectivity index (χ4v) is 5.09. The van der Waals surface area contributed by atoms with Crippen LogP contribution in [0.4, 0.5) is 0 Å². The van der Waals surface area contributed by atoms with Crippen LogP contribution >= 0.6 is 11.6 Å². The first kappa shape index (κ1) is 31.8. The molecular weight excluding hydrogens is 584 g/mol. The molecule has 1 aromatic carbocycles. The topological polar surface area (TPSA) is 179 Å². The van der Waals surface area contributed by atoms with E-state index in [4.69, 9.17) is 31.0 Å². The zero-order chi connectivity index (χ0) is 30.1. The maximum atomic E-state index is 12.9. The summed E-state index contributed by atoms with van der Waals surface area (Å²) >= 11 is 6.41. The first-order valence-electron chi connectivity index (χ1n) is 11.9. The average Bonchev–Trinajstić information content (AvgIpc) is 3.21. The molecule has 40 heavy (non-hydrogen) atoms. The van der Waals surface area contributed by atoms with E-state index in [-0.39, 0.29) is 41.1 Å². The third kappa shape index (κ3) is 7.11. The van der Waals surface area contributed by atoms with Gasteiger partial charge in [-0.1, -0.05) is 24.3 Å². The fraction of sp³-hybridized carbons (Fsp3) is 0.440. The van der Waals surface area contributed by atoms with Gasteiger partial charge in [0.05, 0.1) is 40.6 Å². The van der Waals surface area contributed by atoms with E-state index < -0.39 is 48.7 Å². The van der Waals surface area contributed by atoms with E-state index in [0.29, 0.717) is 11.3 Å². The molecule has 5 N–H and O–H groups in total. The smallest absolute Gasteiger partial charge is 0.251 e. The Bertz CT molecular complexity index is 1450. The molecule has 3 unspecified atom stereocenters. The number of nitrogens with zero attached hydrogens (tertiary/aromatic N) is 1. The highest BCUT2D eigenvalue weighted by Crippen LogP contribution is 2.43. The second-order valence-electron chi connectivity index (χ2n) is 10.4. The Hall–Kier alpha value is -2.75. The average molecular weight is 617 g/mol. The molecule has 15 heteroatoms. The molecule has 1 amide bonds. The number of carbonyl (C=O) groups is 1. The number of pyridine rings is 1. The Morgan fingerprint density at radius 2 is 2.02 bits per heavy atom. The van der Waals surface area contributed by atoms with Gasteiger partial charge in [0.2, 0.25) is 16.0 Å². The maximum absolute atomic E-state index is 12.9. The SMILES string of the molecule is C=CC(O)(CNC(=O)c1ccc(OCS(N)(=O)=O)c(OC)c1)c1cc2c(c(Cl)n1)OCC2(C)NS(=O)C(C)(C)C. The Labute approximate surface area is 240 Å². The van der Waals surface area contributed by atoms with Crippen molar-refractivity contribution in [3.8, 4) is 17.2 Å². The molecule has 2 aromatic rings. The Balaban J connectivity index is 1.84. The molecule has 0 saturated carbocycles. The third-order valence-electron chi connectivity index (χ3n) is 6.01. The number of ether oxygens (including phenoxy) is 3. The van der Waals surface area contributed by atoms with Crippen LogP contribution in [0.15, 0.2) is 36.9 Å². The molecule has 0 aliphatic carbocycles. The lowest BCUT2D eigenvalue weighted by Gasteiger charge is -2.30. The quantitative estimate of drug-likeness (QED) is 0.216. The van der Waals surface area contributed by atoms with Gasteiger partial charge in [0.15, 0.2) is 22.4 Å². The second-order valence-corrected chi connectivity index (χ2v) is 14.3. The monoisotopic (exact) mass is 616 g/mol. The molecule has 0 radical (unpaired) electrons. The zero-order valence-corrected chi connectivity index (χ0v) is 25.1. The van der Waals surface area contributed by atoms with Crippen molar-refractivity contribution in [2.75, 3.05) is 26.2 Å². The van der Waals surface area contributed by atoms with Crippen LogP contribution < -0.4 is 29.4 Å².